The zero-order valence-corrected chi connectivity index (χ0v) is 18.8. The lowest BCUT2D eigenvalue weighted by molar-refractivity contribution is -0.143. The van der Waals surface area contributed by atoms with Gasteiger partial charge in [0.05, 0.1) is 12.4 Å². The van der Waals surface area contributed by atoms with Crippen LogP contribution in [0.1, 0.15) is 45.7 Å². The van der Waals surface area contributed by atoms with Gasteiger partial charge in [-0.1, -0.05) is 20.3 Å². The molecule has 0 aliphatic heterocycles. The molecule has 3 amide bonds. The number of nitrogens with zero attached hydrogens (tertiary/aromatic N) is 1. The summed E-state index contributed by atoms with van der Waals surface area (Å²) in [5.41, 5.74) is 6.08. The number of rotatable bonds is 14. The lowest BCUT2D eigenvalue weighted by atomic mass is 9.97. The van der Waals surface area contributed by atoms with E-state index in [2.05, 4.69) is 25.9 Å². The third-order valence-corrected chi connectivity index (χ3v) is 5.08. The van der Waals surface area contributed by atoms with Gasteiger partial charge in [-0.25, -0.2) is 9.78 Å². The van der Waals surface area contributed by atoms with E-state index in [1.165, 1.54) is 19.4 Å². The number of aromatic nitrogens is 2. The molecule has 1 heterocycles. The summed E-state index contributed by atoms with van der Waals surface area (Å²) in [5, 5.41) is 25.5. The molecule has 1 aromatic rings. The van der Waals surface area contributed by atoms with Crippen LogP contribution in [0.15, 0.2) is 12.5 Å². The van der Waals surface area contributed by atoms with E-state index in [9.17, 15) is 29.1 Å². The molecule has 0 spiro atoms. The van der Waals surface area contributed by atoms with E-state index in [0.29, 0.717) is 12.1 Å². The van der Waals surface area contributed by atoms with Gasteiger partial charge in [-0.15, -0.1) is 0 Å². The number of carboxylic acids is 2. The maximum Gasteiger partial charge on any atom is 0.326 e. The van der Waals surface area contributed by atoms with Gasteiger partial charge in [0.15, 0.2) is 0 Å². The van der Waals surface area contributed by atoms with E-state index in [-0.39, 0.29) is 18.8 Å². The summed E-state index contributed by atoms with van der Waals surface area (Å²) in [6.07, 6.45) is 2.52. The van der Waals surface area contributed by atoms with Crippen LogP contribution in [0.5, 0.6) is 0 Å². The van der Waals surface area contributed by atoms with E-state index in [1.807, 2.05) is 6.92 Å². The summed E-state index contributed by atoms with van der Waals surface area (Å²) in [6, 6.07) is -4.51. The number of carboxylic acid groups (broad SMARTS) is 2. The van der Waals surface area contributed by atoms with Crippen molar-refractivity contribution in [1.82, 2.24) is 25.9 Å². The number of amides is 3. The number of aromatic amines is 1. The van der Waals surface area contributed by atoms with Crippen molar-refractivity contribution in [3.63, 3.8) is 0 Å². The highest BCUT2D eigenvalue weighted by Gasteiger charge is 2.32. The maximum absolute atomic E-state index is 13.0. The summed E-state index contributed by atoms with van der Waals surface area (Å²) in [4.78, 5) is 66.9. The summed E-state index contributed by atoms with van der Waals surface area (Å²) < 4.78 is 0. The Hall–Kier alpha value is -3.48. The summed E-state index contributed by atoms with van der Waals surface area (Å²) in [7, 11) is 0. The number of carbonyl (C=O) groups excluding carboxylic acids is 3. The summed E-state index contributed by atoms with van der Waals surface area (Å²) in [6.45, 7) is 5.05. The van der Waals surface area contributed by atoms with Gasteiger partial charge in [0.25, 0.3) is 0 Å². The fourth-order valence-corrected chi connectivity index (χ4v) is 2.87. The standard InChI is InChI=1S/C20H32N6O7/c1-4-10(2)16(26-17(29)11(3)21)19(31)25-14(7-12-8-22-9-23-12)18(30)24-13(20(32)33)5-6-15(27)28/h8-11,13-14,16H,4-7,21H2,1-3H3,(H,22,23)(H,24,30)(H,25,31)(H,26,29)(H,27,28)(H,32,33). The average molecular weight is 469 g/mol. The second-order valence-corrected chi connectivity index (χ2v) is 7.83. The lowest BCUT2D eigenvalue weighted by Crippen LogP contribution is -2.58. The number of carbonyl (C=O) groups is 5. The number of H-pyrrole nitrogens is 1. The van der Waals surface area contributed by atoms with E-state index in [4.69, 9.17) is 10.8 Å². The first-order valence-corrected chi connectivity index (χ1v) is 10.5. The molecule has 13 nitrogen and oxygen atoms in total. The molecule has 0 bridgehead atoms. The smallest absolute Gasteiger partial charge is 0.326 e. The second kappa shape index (κ2) is 13.2. The minimum Gasteiger partial charge on any atom is -0.481 e. The number of nitrogens with one attached hydrogen (secondary N) is 4. The van der Waals surface area contributed by atoms with Crippen LogP contribution in [-0.4, -0.2) is 74.0 Å². The van der Waals surface area contributed by atoms with Gasteiger partial charge in [0.1, 0.15) is 18.1 Å². The van der Waals surface area contributed by atoms with Gasteiger partial charge in [-0.2, -0.15) is 0 Å². The molecule has 33 heavy (non-hydrogen) atoms. The molecule has 0 saturated carbocycles. The molecule has 1 aromatic heterocycles. The first-order valence-electron chi connectivity index (χ1n) is 10.5. The molecule has 5 unspecified atom stereocenters. The average Bonchev–Trinajstić information content (AvgIpc) is 3.26. The molecule has 0 aliphatic rings. The van der Waals surface area contributed by atoms with Gasteiger partial charge < -0.3 is 36.9 Å². The fraction of sp³-hybridized carbons (Fsp3) is 0.600. The summed E-state index contributed by atoms with van der Waals surface area (Å²) >= 11 is 0. The highest BCUT2D eigenvalue weighted by Crippen LogP contribution is 2.10. The van der Waals surface area contributed by atoms with E-state index >= 15 is 0 Å². The fourth-order valence-electron chi connectivity index (χ4n) is 2.87. The molecule has 0 aliphatic carbocycles. The van der Waals surface area contributed by atoms with E-state index < -0.39 is 60.2 Å². The Labute approximate surface area is 190 Å². The van der Waals surface area contributed by atoms with E-state index in [0.717, 1.165) is 0 Å². The number of hydrogen-bond donors (Lipinski definition) is 7. The van der Waals surface area contributed by atoms with Crippen LogP contribution < -0.4 is 21.7 Å². The molecule has 0 radical (unpaired) electrons. The molecular formula is C20H32N6O7. The molecule has 13 heteroatoms. The predicted octanol–water partition coefficient (Wildman–Crippen LogP) is -1.25. The van der Waals surface area contributed by atoms with Crippen LogP contribution in [0.25, 0.3) is 0 Å². The largest absolute Gasteiger partial charge is 0.481 e. The Morgan fingerprint density at radius 3 is 2.15 bits per heavy atom. The van der Waals surface area contributed by atoms with Crippen molar-refractivity contribution in [3.05, 3.63) is 18.2 Å². The number of imidazole rings is 1. The third kappa shape index (κ3) is 9.27. The minimum atomic E-state index is -1.46. The SMILES string of the molecule is CCC(C)C(NC(=O)C(C)N)C(=O)NC(Cc1cnc[nH]1)C(=O)NC(CCC(=O)O)C(=O)O. The zero-order valence-electron chi connectivity index (χ0n) is 18.8. The lowest BCUT2D eigenvalue weighted by Gasteiger charge is -2.27. The molecule has 1 rings (SSSR count). The van der Waals surface area contributed by atoms with Crippen LogP contribution in [0, 0.1) is 5.92 Å². The van der Waals surface area contributed by atoms with Crippen molar-refractivity contribution < 1.29 is 34.2 Å². The molecular weight excluding hydrogens is 436 g/mol. The van der Waals surface area contributed by atoms with Gasteiger partial charge in [0.2, 0.25) is 17.7 Å². The highest BCUT2D eigenvalue weighted by molar-refractivity contribution is 5.94. The quantitative estimate of drug-likeness (QED) is 0.173. The number of hydrogen-bond acceptors (Lipinski definition) is 7. The minimum absolute atomic E-state index is 0.0443. The van der Waals surface area contributed by atoms with Gasteiger partial charge in [-0.3, -0.25) is 19.2 Å². The normalized spacial score (nSPS) is 15.4. The predicted molar refractivity (Wildman–Crippen MR) is 116 cm³/mol. The van der Waals surface area contributed by atoms with Crippen LogP contribution in [0.3, 0.4) is 0 Å². The van der Waals surface area contributed by atoms with Crippen molar-refractivity contribution >= 4 is 29.7 Å². The van der Waals surface area contributed by atoms with E-state index in [1.54, 1.807) is 6.92 Å². The maximum atomic E-state index is 13.0. The van der Waals surface area contributed by atoms with Crippen LogP contribution in [-0.2, 0) is 30.4 Å². The zero-order chi connectivity index (χ0) is 25.1. The van der Waals surface area contributed by atoms with Crippen LogP contribution in [0.2, 0.25) is 0 Å². The monoisotopic (exact) mass is 468 g/mol. The third-order valence-electron chi connectivity index (χ3n) is 5.08. The highest BCUT2D eigenvalue weighted by atomic mass is 16.4. The van der Waals surface area contributed by atoms with Gasteiger partial charge in [0, 0.05) is 24.7 Å². The van der Waals surface area contributed by atoms with Crippen molar-refractivity contribution in [2.75, 3.05) is 0 Å². The van der Waals surface area contributed by atoms with Crippen molar-refractivity contribution in [3.8, 4) is 0 Å². The first kappa shape index (κ1) is 27.6. The Kier molecular flexibility index (Phi) is 11.0. The van der Waals surface area contributed by atoms with Crippen LogP contribution in [0.4, 0.5) is 0 Å². The van der Waals surface area contributed by atoms with Crippen molar-refractivity contribution in [2.45, 2.75) is 70.6 Å². The Bertz CT molecular complexity index is 827. The molecule has 0 aromatic carbocycles. The topological polar surface area (TPSA) is 217 Å². The number of nitrogens with two attached hydrogens (primary N) is 1. The second-order valence-electron chi connectivity index (χ2n) is 7.83. The van der Waals surface area contributed by atoms with Crippen molar-refractivity contribution in [1.29, 1.82) is 0 Å². The van der Waals surface area contributed by atoms with Crippen LogP contribution >= 0.6 is 0 Å². The van der Waals surface area contributed by atoms with Gasteiger partial charge in [-0.05, 0) is 19.3 Å². The molecule has 8 N–H and O–H groups in total. The van der Waals surface area contributed by atoms with Crippen molar-refractivity contribution in [2.24, 2.45) is 11.7 Å². The Morgan fingerprint density at radius 1 is 1.03 bits per heavy atom. The Morgan fingerprint density at radius 2 is 1.67 bits per heavy atom. The Balaban J connectivity index is 3.07. The molecule has 0 saturated heterocycles. The van der Waals surface area contributed by atoms with Gasteiger partial charge >= 0.3 is 11.9 Å². The molecule has 184 valence electrons. The molecule has 0 fully saturated rings. The summed E-state index contributed by atoms with van der Waals surface area (Å²) in [5.74, 6) is -4.90. The first-order chi connectivity index (χ1) is 15.5. The molecule has 5 atom stereocenters. The number of aliphatic carboxylic acids is 2.